The van der Waals surface area contributed by atoms with Crippen molar-refractivity contribution < 1.29 is 9.18 Å². The molecule has 0 amide bonds. The summed E-state index contributed by atoms with van der Waals surface area (Å²) in [7, 11) is 0. The Hall–Kier alpha value is -1.74. The van der Waals surface area contributed by atoms with Gasteiger partial charge in [0.2, 0.25) is 0 Å². The van der Waals surface area contributed by atoms with E-state index in [0.29, 0.717) is 17.6 Å². The Labute approximate surface area is 118 Å². The molecular formula is C16H10BrFO. The van der Waals surface area contributed by atoms with Crippen molar-refractivity contribution in [2.45, 2.75) is 6.42 Å². The Bertz CT molecular complexity index is 704. The Balaban J connectivity index is 2.03. The fourth-order valence-corrected chi connectivity index (χ4v) is 2.66. The number of rotatable bonds is 1. The van der Waals surface area contributed by atoms with Crippen LogP contribution in [0.3, 0.4) is 0 Å². The summed E-state index contributed by atoms with van der Waals surface area (Å²) in [4.78, 5) is 12.2. The van der Waals surface area contributed by atoms with Gasteiger partial charge in [0.15, 0.2) is 5.78 Å². The molecule has 0 N–H and O–H groups in total. The fraction of sp³-hybridized carbons (Fsp3) is 0.0625. The molecule has 2 aromatic carbocycles. The highest BCUT2D eigenvalue weighted by atomic mass is 79.9. The molecule has 0 bridgehead atoms. The van der Waals surface area contributed by atoms with Crippen LogP contribution in [0.5, 0.6) is 0 Å². The first-order valence-electron chi connectivity index (χ1n) is 5.93. The van der Waals surface area contributed by atoms with Crippen LogP contribution >= 0.6 is 15.9 Å². The molecular weight excluding hydrogens is 307 g/mol. The van der Waals surface area contributed by atoms with Crippen molar-refractivity contribution in [2.75, 3.05) is 0 Å². The lowest BCUT2D eigenvalue weighted by Gasteiger charge is -2.00. The number of benzene rings is 2. The lowest BCUT2D eigenvalue weighted by molar-refractivity contribution is 0.104. The summed E-state index contributed by atoms with van der Waals surface area (Å²) < 4.78 is 14.5. The third-order valence-corrected chi connectivity index (χ3v) is 3.72. The van der Waals surface area contributed by atoms with E-state index in [1.807, 2.05) is 24.3 Å². The second-order valence-electron chi connectivity index (χ2n) is 4.50. The van der Waals surface area contributed by atoms with E-state index in [4.69, 9.17) is 0 Å². The number of ketones is 1. The van der Waals surface area contributed by atoms with Crippen LogP contribution < -0.4 is 0 Å². The van der Waals surface area contributed by atoms with Crippen molar-refractivity contribution in [2.24, 2.45) is 0 Å². The number of halogens is 2. The molecule has 0 saturated carbocycles. The Morgan fingerprint density at radius 2 is 1.95 bits per heavy atom. The highest BCUT2D eigenvalue weighted by Crippen LogP contribution is 2.28. The molecule has 0 radical (unpaired) electrons. The lowest BCUT2D eigenvalue weighted by Crippen LogP contribution is -1.95. The van der Waals surface area contributed by atoms with Gasteiger partial charge < -0.3 is 0 Å². The Kier molecular flexibility index (Phi) is 3.07. The largest absolute Gasteiger partial charge is 0.289 e. The minimum atomic E-state index is -0.320. The monoisotopic (exact) mass is 316 g/mol. The SMILES string of the molecule is O=C1/C(=C/c2cc(Br)ccc2F)Cc2ccccc21. The molecule has 0 atom stereocenters. The molecule has 0 spiro atoms. The molecule has 0 fully saturated rings. The Morgan fingerprint density at radius 1 is 1.16 bits per heavy atom. The van der Waals surface area contributed by atoms with Gasteiger partial charge in [-0.2, -0.15) is 0 Å². The summed E-state index contributed by atoms with van der Waals surface area (Å²) in [5.41, 5.74) is 2.81. The van der Waals surface area contributed by atoms with Gasteiger partial charge >= 0.3 is 0 Å². The first-order valence-corrected chi connectivity index (χ1v) is 6.72. The zero-order chi connectivity index (χ0) is 13.4. The molecule has 0 unspecified atom stereocenters. The molecule has 0 heterocycles. The van der Waals surface area contributed by atoms with Gasteiger partial charge in [0, 0.05) is 27.6 Å². The fourth-order valence-electron chi connectivity index (χ4n) is 2.28. The highest BCUT2D eigenvalue weighted by Gasteiger charge is 2.24. The van der Waals surface area contributed by atoms with Crippen LogP contribution in [0.25, 0.3) is 6.08 Å². The lowest BCUT2D eigenvalue weighted by atomic mass is 10.1. The van der Waals surface area contributed by atoms with E-state index >= 15 is 0 Å². The molecule has 0 saturated heterocycles. The second kappa shape index (κ2) is 4.74. The maximum Gasteiger partial charge on any atom is 0.189 e. The number of allylic oxidation sites excluding steroid dienone is 1. The number of hydrogen-bond acceptors (Lipinski definition) is 1. The molecule has 0 aliphatic heterocycles. The molecule has 1 aliphatic carbocycles. The third-order valence-electron chi connectivity index (χ3n) is 3.22. The second-order valence-corrected chi connectivity index (χ2v) is 5.41. The van der Waals surface area contributed by atoms with Crippen molar-refractivity contribution in [3.05, 3.63) is 75.0 Å². The topological polar surface area (TPSA) is 17.1 Å². The zero-order valence-corrected chi connectivity index (χ0v) is 11.6. The predicted octanol–water partition coefficient (Wildman–Crippen LogP) is 4.41. The summed E-state index contributed by atoms with van der Waals surface area (Å²) >= 11 is 3.31. The third kappa shape index (κ3) is 2.26. The van der Waals surface area contributed by atoms with Crippen molar-refractivity contribution >= 4 is 27.8 Å². The normalized spacial score (nSPS) is 15.9. The number of fused-ring (bicyclic) bond motifs is 1. The van der Waals surface area contributed by atoms with Crippen LogP contribution in [0.2, 0.25) is 0 Å². The zero-order valence-electron chi connectivity index (χ0n) is 9.99. The van der Waals surface area contributed by atoms with Gasteiger partial charge in [0.25, 0.3) is 0 Å². The standard InChI is InChI=1S/C16H10BrFO/c17-13-5-6-15(18)11(9-13)8-12-7-10-3-1-2-4-14(10)16(12)19/h1-6,8-9H,7H2/b12-8+. The van der Waals surface area contributed by atoms with E-state index in [1.54, 1.807) is 18.2 Å². The van der Waals surface area contributed by atoms with Crippen molar-refractivity contribution in [3.8, 4) is 0 Å². The van der Waals surface area contributed by atoms with Crippen LogP contribution in [-0.2, 0) is 6.42 Å². The maximum atomic E-state index is 13.7. The molecule has 1 nitrogen and oxygen atoms in total. The number of carbonyl (C=O) groups excluding carboxylic acids is 1. The quantitative estimate of drug-likeness (QED) is 0.712. The minimum Gasteiger partial charge on any atom is -0.289 e. The van der Waals surface area contributed by atoms with Crippen LogP contribution in [-0.4, -0.2) is 5.78 Å². The summed E-state index contributed by atoms with van der Waals surface area (Å²) in [6.45, 7) is 0. The van der Waals surface area contributed by atoms with E-state index in [0.717, 1.165) is 15.6 Å². The van der Waals surface area contributed by atoms with Gasteiger partial charge in [0.05, 0.1) is 0 Å². The van der Waals surface area contributed by atoms with Gasteiger partial charge in [0.1, 0.15) is 5.82 Å². The van der Waals surface area contributed by atoms with Gasteiger partial charge in [-0.1, -0.05) is 40.2 Å². The average Bonchev–Trinajstić information content (AvgIpc) is 2.72. The van der Waals surface area contributed by atoms with E-state index in [-0.39, 0.29) is 11.6 Å². The molecule has 1 aliphatic rings. The maximum absolute atomic E-state index is 13.7. The van der Waals surface area contributed by atoms with Gasteiger partial charge in [-0.15, -0.1) is 0 Å². The Morgan fingerprint density at radius 3 is 2.74 bits per heavy atom. The van der Waals surface area contributed by atoms with Crippen LogP contribution in [0.15, 0.2) is 52.5 Å². The van der Waals surface area contributed by atoms with Crippen LogP contribution in [0, 0.1) is 5.82 Å². The first kappa shape index (κ1) is 12.3. The van der Waals surface area contributed by atoms with Crippen molar-refractivity contribution in [1.82, 2.24) is 0 Å². The number of hydrogen-bond donors (Lipinski definition) is 0. The van der Waals surface area contributed by atoms with Crippen LogP contribution in [0.4, 0.5) is 4.39 Å². The average molecular weight is 317 g/mol. The molecule has 19 heavy (non-hydrogen) atoms. The number of carbonyl (C=O) groups is 1. The predicted molar refractivity (Wildman–Crippen MR) is 76.6 cm³/mol. The molecule has 3 rings (SSSR count). The van der Waals surface area contributed by atoms with Crippen molar-refractivity contribution in [3.63, 3.8) is 0 Å². The summed E-state index contributed by atoms with van der Waals surface area (Å²) in [5, 5.41) is 0. The van der Waals surface area contributed by atoms with E-state index in [2.05, 4.69) is 15.9 Å². The minimum absolute atomic E-state index is 0.00465. The summed E-state index contributed by atoms with van der Waals surface area (Å²) in [5.74, 6) is -0.325. The molecule has 2 aromatic rings. The highest BCUT2D eigenvalue weighted by molar-refractivity contribution is 9.10. The summed E-state index contributed by atoms with van der Waals surface area (Å²) in [6.07, 6.45) is 2.21. The molecule has 0 aromatic heterocycles. The molecule has 94 valence electrons. The van der Waals surface area contributed by atoms with E-state index < -0.39 is 0 Å². The summed E-state index contributed by atoms with van der Waals surface area (Å²) in [6, 6.07) is 12.2. The van der Waals surface area contributed by atoms with Crippen LogP contribution in [0.1, 0.15) is 21.5 Å². The van der Waals surface area contributed by atoms with Crippen molar-refractivity contribution in [1.29, 1.82) is 0 Å². The van der Waals surface area contributed by atoms with Gasteiger partial charge in [-0.05, 0) is 29.8 Å². The number of Topliss-reactive ketones (excluding diaryl/α,β-unsaturated/α-hetero) is 1. The van der Waals surface area contributed by atoms with E-state index in [9.17, 15) is 9.18 Å². The smallest absolute Gasteiger partial charge is 0.189 e. The van der Waals surface area contributed by atoms with E-state index in [1.165, 1.54) is 6.07 Å². The van der Waals surface area contributed by atoms with Gasteiger partial charge in [-0.25, -0.2) is 4.39 Å². The molecule has 3 heteroatoms. The van der Waals surface area contributed by atoms with Gasteiger partial charge in [-0.3, -0.25) is 4.79 Å². The first-order chi connectivity index (χ1) is 9.15.